The smallest absolute Gasteiger partial charge is 0.161 e. The van der Waals surface area contributed by atoms with E-state index in [4.69, 9.17) is 15.2 Å². The number of nitrogens with zero attached hydrogens (tertiary/aromatic N) is 1. The second-order valence-electron chi connectivity index (χ2n) is 6.51. The van der Waals surface area contributed by atoms with E-state index in [1.807, 2.05) is 13.0 Å². The number of hydrogen-bond acceptors (Lipinski definition) is 4. The molecule has 0 amide bonds. The van der Waals surface area contributed by atoms with Crippen molar-refractivity contribution in [3.8, 4) is 11.5 Å². The summed E-state index contributed by atoms with van der Waals surface area (Å²) in [5, 5.41) is 0. The van der Waals surface area contributed by atoms with Gasteiger partial charge in [-0.25, -0.2) is 0 Å². The summed E-state index contributed by atoms with van der Waals surface area (Å²) in [5.41, 5.74) is 7.64. The van der Waals surface area contributed by atoms with Gasteiger partial charge < -0.3 is 15.2 Å². The number of likely N-dealkylation sites (tertiary alicyclic amines) is 1. The molecule has 2 rings (SSSR count). The van der Waals surface area contributed by atoms with Crippen LogP contribution in [0.25, 0.3) is 0 Å². The van der Waals surface area contributed by atoms with Crippen LogP contribution >= 0.6 is 12.4 Å². The number of nitrogens with two attached hydrogens (primary N) is 1. The predicted octanol–water partition coefficient (Wildman–Crippen LogP) is 3.07. The molecule has 1 aliphatic rings. The SMILES string of the molecule is CCOc1cc(CN2CCC(N)C(C)(C)C2)ccc1OC.Cl. The van der Waals surface area contributed by atoms with Gasteiger partial charge in [0.05, 0.1) is 13.7 Å². The van der Waals surface area contributed by atoms with Crippen molar-refractivity contribution in [2.24, 2.45) is 11.1 Å². The van der Waals surface area contributed by atoms with Crippen LogP contribution in [0.4, 0.5) is 0 Å². The minimum atomic E-state index is 0. The highest BCUT2D eigenvalue weighted by molar-refractivity contribution is 5.85. The molecular formula is C17H29ClN2O2. The average molecular weight is 329 g/mol. The largest absolute Gasteiger partial charge is 0.493 e. The Labute approximate surface area is 140 Å². The lowest BCUT2D eigenvalue weighted by atomic mass is 9.79. The Hall–Kier alpha value is -0.970. The first-order valence-corrected chi connectivity index (χ1v) is 7.74. The van der Waals surface area contributed by atoms with Crippen molar-refractivity contribution in [2.45, 2.75) is 39.8 Å². The molecule has 1 aliphatic heterocycles. The first-order valence-electron chi connectivity index (χ1n) is 7.74. The van der Waals surface area contributed by atoms with Gasteiger partial charge in [0.2, 0.25) is 0 Å². The fraction of sp³-hybridized carbons (Fsp3) is 0.647. The lowest BCUT2D eigenvalue weighted by Crippen LogP contribution is -2.52. The van der Waals surface area contributed by atoms with Crippen molar-refractivity contribution in [2.75, 3.05) is 26.8 Å². The molecule has 22 heavy (non-hydrogen) atoms. The van der Waals surface area contributed by atoms with Crippen LogP contribution in [0.15, 0.2) is 18.2 Å². The lowest BCUT2D eigenvalue weighted by Gasteiger charge is -2.42. The summed E-state index contributed by atoms with van der Waals surface area (Å²) in [6.45, 7) is 10.2. The molecule has 4 nitrogen and oxygen atoms in total. The Balaban J connectivity index is 0.00000242. The molecule has 0 spiro atoms. The zero-order valence-electron chi connectivity index (χ0n) is 14.1. The van der Waals surface area contributed by atoms with Gasteiger partial charge in [-0.1, -0.05) is 19.9 Å². The topological polar surface area (TPSA) is 47.7 Å². The molecule has 1 saturated heterocycles. The second-order valence-corrected chi connectivity index (χ2v) is 6.51. The Kier molecular flexibility index (Phi) is 6.98. The van der Waals surface area contributed by atoms with Gasteiger partial charge in [0, 0.05) is 25.7 Å². The van der Waals surface area contributed by atoms with E-state index in [0.717, 1.165) is 37.6 Å². The van der Waals surface area contributed by atoms with E-state index in [0.29, 0.717) is 12.6 Å². The van der Waals surface area contributed by atoms with E-state index >= 15 is 0 Å². The van der Waals surface area contributed by atoms with Gasteiger partial charge in [-0.15, -0.1) is 12.4 Å². The molecule has 0 radical (unpaired) electrons. The van der Waals surface area contributed by atoms with Crippen molar-refractivity contribution in [1.82, 2.24) is 4.90 Å². The molecule has 1 fully saturated rings. The van der Waals surface area contributed by atoms with Gasteiger partial charge in [0.25, 0.3) is 0 Å². The Morgan fingerprint density at radius 3 is 2.64 bits per heavy atom. The molecule has 0 saturated carbocycles. The maximum absolute atomic E-state index is 6.21. The zero-order valence-corrected chi connectivity index (χ0v) is 14.9. The normalized spacial score (nSPS) is 21.0. The number of hydrogen-bond donors (Lipinski definition) is 1. The maximum atomic E-state index is 6.21. The summed E-state index contributed by atoms with van der Waals surface area (Å²) in [4.78, 5) is 2.47. The fourth-order valence-electron chi connectivity index (χ4n) is 2.97. The third-order valence-electron chi connectivity index (χ3n) is 4.33. The van der Waals surface area contributed by atoms with Crippen LogP contribution in [-0.2, 0) is 6.54 Å². The van der Waals surface area contributed by atoms with Crippen molar-refractivity contribution >= 4 is 12.4 Å². The number of rotatable bonds is 5. The highest BCUT2D eigenvalue weighted by atomic mass is 35.5. The molecule has 1 atom stereocenters. The summed E-state index contributed by atoms with van der Waals surface area (Å²) >= 11 is 0. The predicted molar refractivity (Wildman–Crippen MR) is 93.1 cm³/mol. The minimum absolute atomic E-state index is 0. The lowest BCUT2D eigenvalue weighted by molar-refractivity contribution is 0.0898. The third kappa shape index (κ3) is 4.51. The van der Waals surface area contributed by atoms with Crippen LogP contribution in [0.2, 0.25) is 0 Å². The van der Waals surface area contributed by atoms with Crippen LogP contribution in [0, 0.1) is 5.41 Å². The van der Waals surface area contributed by atoms with Gasteiger partial charge in [-0.05, 0) is 36.5 Å². The molecule has 126 valence electrons. The number of halogens is 1. The molecule has 1 aromatic carbocycles. The van der Waals surface area contributed by atoms with E-state index in [9.17, 15) is 0 Å². The van der Waals surface area contributed by atoms with Crippen LogP contribution in [-0.4, -0.2) is 37.7 Å². The van der Waals surface area contributed by atoms with E-state index < -0.39 is 0 Å². The molecule has 2 N–H and O–H groups in total. The zero-order chi connectivity index (χ0) is 15.5. The molecule has 1 unspecified atom stereocenters. The monoisotopic (exact) mass is 328 g/mol. The number of benzene rings is 1. The minimum Gasteiger partial charge on any atom is -0.493 e. The first-order chi connectivity index (χ1) is 9.96. The quantitative estimate of drug-likeness (QED) is 0.902. The van der Waals surface area contributed by atoms with Crippen LogP contribution < -0.4 is 15.2 Å². The van der Waals surface area contributed by atoms with Crippen LogP contribution in [0.5, 0.6) is 11.5 Å². The van der Waals surface area contributed by atoms with Gasteiger partial charge in [0.15, 0.2) is 11.5 Å². The van der Waals surface area contributed by atoms with Crippen LogP contribution in [0.1, 0.15) is 32.8 Å². The van der Waals surface area contributed by atoms with Crippen LogP contribution in [0.3, 0.4) is 0 Å². The number of methoxy groups -OCH3 is 1. The summed E-state index contributed by atoms with van der Waals surface area (Å²) in [6, 6.07) is 6.48. The molecule has 1 heterocycles. The number of ether oxygens (including phenoxy) is 2. The molecule has 0 bridgehead atoms. The van der Waals surface area contributed by atoms with E-state index in [1.165, 1.54) is 5.56 Å². The van der Waals surface area contributed by atoms with E-state index in [2.05, 4.69) is 30.9 Å². The van der Waals surface area contributed by atoms with Crippen molar-refractivity contribution in [3.05, 3.63) is 23.8 Å². The van der Waals surface area contributed by atoms with E-state index in [1.54, 1.807) is 7.11 Å². The molecule has 0 aromatic heterocycles. The molecule has 5 heteroatoms. The summed E-state index contributed by atoms with van der Waals surface area (Å²) < 4.78 is 11.0. The Morgan fingerprint density at radius 2 is 2.05 bits per heavy atom. The van der Waals surface area contributed by atoms with Gasteiger partial charge in [0.1, 0.15) is 0 Å². The Bertz CT molecular complexity index is 480. The summed E-state index contributed by atoms with van der Waals surface area (Å²) in [6.07, 6.45) is 1.06. The second kappa shape index (κ2) is 8.04. The van der Waals surface area contributed by atoms with Gasteiger partial charge >= 0.3 is 0 Å². The van der Waals surface area contributed by atoms with Crippen molar-refractivity contribution in [3.63, 3.8) is 0 Å². The first kappa shape index (κ1) is 19.1. The maximum Gasteiger partial charge on any atom is 0.161 e. The summed E-state index contributed by atoms with van der Waals surface area (Å²) in [5.74, 6) is 1.62. The highest BCUT2D eigenvalue weighted by Gasteiger charge is 2.33. The van der Waals surface area contributed by atoms with Crippen molar-refractivity contribution < 1.29 is 9.47 Å². The Morgan fingerprint density at radius 1 is 1.32 bits per heavy atom. The average Bonchev–Trinajstić information content (AvgIpc) is 2.43. The molecular weight excluding hydrogens is 300 g/mol. The number of piperidine rings is 1. The van der Waals surface area contributed by atoms with E-state index in [-0.39, 0.29) is 17.8 Å². The molecule has 0 aliphatic carbocycles. The van der Waals surface area contributed by atoms with Crippen molar-refractivity contribution in [1.29, 1.82) is 0 Å². The third-order valence-corrected chi connectivity index (χ3v) is 4.33. The summed E-state index contributed by atoms with van der Waals surface area (Å²) in [7, 11) is 1.67. The molecule has 1 aromatic rings. The van der Waals surface area contributed by atoms with Gasteiger partial charge in [-0.2, -0.15) is 0 Å². The standard InChI is InChI=1S/C17H28N2O2.ClH/c1-5-21-15-10-13(6-7-14(15)20-4)11-19-9-8-16(18)17(2,3)12-19;/h6-7,10,16H,5,8-9,11-12,18H2,1-4H3;1H. The van der Waals surface area contributed by atoms with Gasteiger partial charge in [-0.3, -0.25) is 4.90 Å². The highest BCUT2D eigenvalue weighted by Crippen LogP contribution is 2.31. The fourth-order valence-corrected chi connectivity index (χ4v) is 2.97.